The summed E-state index contributed by atoms with van der Waals surface area (Å²) in [4.78, 5) is 4.35. The molecule has 96 valence electrons. The van der Waals surface area contributed by atoms with Crippen LogP contribution in [0.5, 0.6) is 0 Å². The summed E-state index contributed by atoms with van der Waals surface area (Å²) in [5.74, 6) is 0.0773. The fourth-order valence-electron chi connectivity index (χ4n) is 2.17. The smallest absolute Gasteiger partial charge is 0.229 e. The number of hydrogen-bond acceptors (Lipinski definition) is 3. The third kappa shape index (κ3) is 1.95. The first kappa shape index (κ1) is 11.7. The number of oxazole rings is 1. The van der Waals surface area contributed by atoms with Crippen molar-refractivity contribution in [1.82, 2.24) is 4.98 Å². The number of benzene rings is 2. The highest BCUT2D eigenvalue weighted by molar-refractivity contribution is 5.80. The molecule has 0 spiro atoms. The van der Waals surface area contributed by atoms with E-state index in [0.717, 1.165) is 16.7 Å². The average Bonchev–Trinajstić information content (AvgIpc) is 2.76. The normalized spacial score (nSPS) is 11.1. The van der Waals surface area contributed by atoms with Gasteiger partial charge in [0, 0.05) is 11.8 Å². The Kier molecular flexibility index (Phi) is 2.52. The highest BCUT2D eigenvalue weighted by Gasteiger charge is 2.13. The van der Waals surface area contributed by atoms with Crippen molar-refractivity contribution in [2.24, 2.45) is 0 Å². The molecule has 1 aromatic heterocycles. The molecule has 2 N–H and O–H groups in total. The Labute approximate surface area is 109 Å². The predicted molar refractivity (Wildman–Crippen MR) is 73.3 cm³/mol. The number of nitrogens with zero attached hydrogens (tertiary/aromatic N) is 1. The van der Waals surface area contributed by atoms with Crippen LogP contribution >= 0.6 is 0 Å². The summed E-state index contributed by atoms with van der Waals surface area (Å²) in [6.07, 6.45) is 0. The minimum atomic E-state index is -0.344. The van der Waals surface area contributed by atoms with E-state index in [1.165, 1.54) is 12.1 Å². The van der Waals surface area contributed by atoms with Crippen molar-refractivity contribution in [1.29, 1.82) is 0 Å². The molecule has 0 aliphatic carbocycles. The fourth-order valence-corrected chi connectivity index (χ4v) is 2.17. The Morgan fingerprint density at radius 3 is 2.74 bits per heavy atom. The molecule has 0 fully saturated rings. The van der Waals surface area contributed by atoms with Gasteiger partial charge in [-0.05, 0) is 43.2 Å². The van der Waals surface area contributed by atoms with E-state index in [1.54, 1.807) is 6.07 Å². The Bertz CT molecular complexity index is 777. The number of hydrogen-bond donors (Lipinski definition) is 1. The van der Waals surface area contributed by atoms with Crippen LogP contribution in [0.15, 0.2) is 34.7 Å². The number of rotatable bonds is 1. The first-order valence-corrected chi connectivity index (χ1v) is 5.98. The lowest BCUT2D eigenvalue weighted by Gasteiger charge is -2.06. The van der Waals surface area contributed by atoms with E-state index in [2.05, 4.69) is 4.98 Å². The fraction of sp³-hybridized carbons (Fsp3) is 0.133. The first-order valence-electron chi connectivity index (χ1n) is 5.98. The van der Waals surface area contributed by atoms with Crippen LogP contribution in [0.1, 0.15) is 11.1 Å². The van der Waals surface area contributed by atoms with Gasteiger partial charge < -0.3 is 10.2 Å². The van der Waals surface area contributed by atoms with Gasteiger partial charge in [0.15, 0.2) is 5.58 Å². The number of aromatic nitrogens is 1. The van der Waals surface area contributed by atoms with Crippen LogP contribution in [-0.4, -0.2) is 4.98 Å². The Hall–Kier alpha value is -2.36. The lowest BCUT2D eigenvalue weighted by atomic mass is 10.0. The van der Waals surface area contributed by atoms with Crippen molar-refractivity contribution in [2.45, 2.75) is 13.8 Å². The molecule has 0 saturated carbocycles. The monoisotopic (exact) mass is 256 g/mol. The van der Waals surface area contributed by atoms with Crippen LogP contribution < -0.4 is 5.73 Å². The molecule has 0 unspecified atom stereocenters. The number of fused-ring (bicyclic) bond motifs is 1. The molecule has 3 aromatic rings. The molecule has 19 heavy (non-hydrogen) atoms. The third-order valence-corrected chi connectivity index (χ3v) is 3.11. The van der Waals surface area contributed by atoms with Crippen molar-refractivity contribution >= 4 is 16.8 Å². The summed E-state index contributed by atoms with van der Waals surface area (Å²) >= 11 is 0. The van der Waals surface area contributed by atoms with Gasteiger partial charge in [0.05, 0.1) is 5.56 Å². The van der Waals surface area contributed by atoms with E-state index >= 15 is 0 Å². The number of halogens is 1. The third-order valence-electron chi connectivity index (χ3n) is 3.11. The van der Waals surface area contributed by atoms with Gasteiger partial charge in [-0.2, -0.15) is 0 Å². The lowest BCUT2D eigenvalue weighted by Crippen LogP contribution is -1.95. The molecule has 2 aromatic carbocycles. The van der Waals surface area contributed by atoms with E-state index in [1.807, 2.05) is 26.0 Å². The van der Waals surface area contributed by atoms with Crippen LogP contribution in [0.2, 0.25) is 0 Å². The Morgan fingerprint density at radius 2 is 1.95 bits per heavy atom. The molecule has 0 aliphatic rings. The average molecular weight is 256 g/mol. The molecular weight excluding hydrogens is 243 g/mol. The molecule has 0 atom stereocenters. The SMILES string of the molecule is Cc1cc(C)c(N)c(-c2nc3ccc(F)cc3o2)c1. The van der Waals surface area contributed by atoms with Gasteiger partial charge in [-0.25, -0.2) is 9.37 Å². The van der Waals surface area contributed by atoms with E-state index < -0.39 is 0 Å². The molecule has 0 amide bonds. The van der Waals surface area contributed by atoms with Crippen LogP contribution in [0.25, 0.3) is 22.6 Å². The zero-order chi connectivity index (χ0) is 13.6. The maximum absolute atomic E-state index is 13.1. The van der Waals surface area contributed by atoms with Gasteiger partial charge in [-0.15, -0.1) is 0 Å². The van der Waals surface area contributed by atoms with Crippen LogP contribution in [0.4, 0.5) is 10.1 Å². The molecule has 0 saturated heterocycles. The molecular formula is C15H13FN2O. The summed E-state index contributed by atoms with van der Waals surface area (Å²) in [5.41, 5.74) is 10.5. The Morgan fingerprint density at radius 1 is 1.16 bits per heavy atom. The zero-order valence-electron chi connectivity index (χ0n) is 10.7. The van der Waals surface area contributed by atoms with Crippen molar-refractivity contribution < 1.29 is 8.81 Å². The largest absolute Gasteiger partial charge is 0.436 e. The standard InChI is InChI=1S/C15H13FN2O/c1-8-5-9(2)14(17)11(6-8)15-18-12-4-3-10(16)7-13(12)19-15/h3-7H,17H2,1-2H3. The maximum atomic E-state index is 13.1. The van der Waals surface area contributed by atoms with Gasteiger partial charge in [0.25, 0.3) is 0 Å². The Balaban J connectivity index is 2.24. The van der Waals surface area contributed by atoms with Crippen molar-refractivity contribution in [3.8, 4) is 11.5 Å². The van der Waals surface area contributed by atoms with Crippen LogP contribution in [-0.2, 0) is 0 Å². The second-order valence-electron chi connectivity index (χ2n) is 4.67. The number of aryl methyl sites for hydroxylation is 2. The van der Waals surface area contributed by atoms with E-state index in [4.69, 9.17) is 10.2 Å². The van der Waals surface area contributed by atoms with Gasteiger partial charge in [0.2, 0.25) is 5.89 Å². The minimum absolute atomic E-state index is 0.344. The zero-order valence-corrected chi connectivity index (χ0v) is 10.7. The summed E-state index contributed by atoms with van der Waals surface area (Å²) in [6, 6.07) is 8.20. The molecule has 4 heteroatoms. The molecule has 3 nitrogen and oxygen atoms in total. The van der Waals surface area contributed by atoms with Gasteiger partial charge in [-0.3, -0.25) is 0 Å². The summed E-state index contributed by atoms with van der Waals surface area (Å²) in [5, 5.41) is 0. The summed E-state index contributed by atoms with van der Waals surface area (Å²) < 4.78 is 18.7. The maximum Gasteiger partial charge on any atom is 0.229 e. The first-order chi connectivity index (χ1) is 9.04. The van der Waals surface area contributed by atoms with Crippen molar-refractivity contribution in [2.75, 3.05) is 5.73 Å². The second-order valence-corrected chi connectivity index (χ2v) is 4.67. The van der Waals surface area contributed by atoms with E-state index in [9.17, 15) is 4.39 Å². The summed E-state index contributed by atoms with van der Waals surface area (Å²) in [6.45, 7) is 3.92. The second kappa shape index (κ2) is 4.09. The topological polar surface area (TPSA) is 52.0 Å². The lowest BCUT2D eigenvalue weighted by molar-refractivity contribution is 0.602. The van der Waals surface area contributed by atoms with Crippen molar-refractivity contribution in [3.63, 3.8) is 0 Å². The van der Waals surface area contributed by atoms with Gasteiger partial charge in [-0.1, -0.05) is 6.07 Å². The van der Waals surface area contributed by atoms with Gasteiger partial charge >= 0.3 is 0 Å². The minimum Gasteiger partial charge on any atom is -0.436 e. The molecule has 0 radical (unpaired) electrons. The van der Waals surface area contributed by atoms with Gasteiger partial charge in [0.1, 0.15) is 11.3 Å². The number of anilines is 1. The van der Waals surface area contributed by atoms with Crippen molar-refractivity contribution in [3.05, 3.63) is 47.3 Å². The van der Waals surface area contributed by atoms with Crippen LogP contribution in [0.3, 0.4) is 0 Å². The highest BCUT2D eigenvalue weighted by Crippen LogP contribution is 2.31. The summed E-state index contributed by atoms with van der Waals surface area (Å²) in [7, 11) is 0. The highest BCUT2D eigenvalue weighted by atomic mass is 19.1. The van der Waals surface area contributed by atoms with Crippen LogP contribution in [0, 0.1) is 19.7 Å². The molecule has 1 heterocycles. The van der Waals surface area contributed by atoms with E-state index in [0.29, 0.717) is 22.7 Å². The molecule has 0 bridgehead atoms. The molecule has 3 rings (SSSR count). The predicted octanol–water partition coefficient (Wildman–Crippen LogP) is 3.83. The van der Waals surface area contributed by atoms with E-state index in [-0.39, 0.29) is 5.82 Å². The number of nitrogens with two attached hydrogens (primary N) is 1. The number of nitrogen functional groups attached to an aromatic ring is 1. The quantitative estimate of drug-likeness (QED) is 0.673. The molecule has 0 aliphatic heterocycles.